The molecule has 192 valence electrons. The van der Waals surface area contributed by atoms with Crippen LogP contribution in [-0.2, 0) is 21.4 Å². The van der Waals surface area contributed by atoms with Gasteiger partial charge in [0.2, 0.25) is 10.0 Å². The van der Waals surface area contributed by atoms with Gasteiger partial charge >= 0.3 is 0 Å². The molecule has 1 aromatic heterocycles. The van der Waals surface area contributed by atoms with Crippen LogP contribution in [0.25, 0.3) is 22.3 Å². The van der Waals surface area contributed by atoms with E-state index in [1.54, 1.807) is 18.2 Å². The fraction of sp³-hybridized carbons (Fsp3) is 0.250. The SMILES string of the molecule is CS(=O)(=O)Nc1cc2oc(-c3ccc(F)cc3)c(C(=O)NCCOCc3ccccc3)c2cc1C1CC1. The molecule has 0 spiro atoms. The van der Waals surface area contributed by atoms with Crippen molar-refractivity contribution < 1.29 is 26.8 Å². The summed E-state index contributed by atoms with van der Waals surface area (Å²) in [7, 11) is -3.51. The highest BCUT2D eigenvalue weighted by atomic mass is 32.2. The molecule has 0 atom stereocenters. The monoisotopic (exact) mass is 522 g/mol. The highest BCUT2D eigenvalue weighted by Crippen LogP contribution is 2.46. The molecule has 9 heteroatoms. The Hall–Kier alpha value is -3.69. The second-order valence-corrected chi connectivity index (χ2v) is 10.9. The molecule has 2 N–H and O–H groups in total. The average molecular weight is 523 g/mol. The Bertz CT molecular complexity index is 1530. The lowest BCUT2D eigenvalue weighted by atomic mass is 10.0. The number of anilines is 1. The van der Waals surface area contributed by atoms with Crippen LogP contribution in [0.15, 0.2) is 71.1 Å². The summed E-state index contributed by atoms with van der Waals surface area (Å²) in [5, 5.41) is 3.46. The maximum Gasteiger partial charge on any atom is 0.255 e. The zero-order valence-corrected chi connectivity index (χ0v) is 21.1. The number of sulfonamides is 1. The van der Waals surface area contributed by atoms with E-state index in [1.165, 1.54) is 12.1 Å². The number of furan rings is 1. The summed E-state index contributed by atoms with van der Waals surface area (Å²) in [6.07, 6.45) is 2.97. The Morgan fingerprint density at radius 3 is 2.49 bits per heavy atom. The van der Waals surface area contributed by atoms with Crippen LogP contribution in [0, 0.1) is 5.82 Å². The van der Waals surface area contributed by atoms with Crippen LogP contribution in [0.4, 0.5) is 10.1 Å². The molecule has 0 bridgehead atoms. The van der Waals surface area contributed by atoms with Gasteiger partial charge in [0.1, 0.15) is 17.2 Å². The van der Waals surface area contributed by atoms with E-state index in [9.17, 15) is 17.6 Å². The molecule has 3 aromatic carbocycles. The van der Waals surface area contributed by atoms with Crippen LogP contribution < -0.4 is 10.0 Å². The minimum absolute atomic E-state index is 0.208. The third kappa shape index (κ3) is 6.00. The molecular formula is C28H27FN2O5S. The molecule has 0 saturated heterocycles. The van der Waals surface area contributed by atoms with E-state index in [-0.39, 0.29) is 24.1 Å². The van der Waals surface area contributed by atoms with Gasteiger partial charge in [-0.15, -0.1) is 0 Å². The minimum atomic E-state index is -3.51. The molecule has 1 saturated carbocycles. The molecule has 0 unspecified atom stereocenters. The fourth-order valence-corrected chi connectivity index (χ4v) is 4.88. The van der Waals surface area contributed by atoms with Gasteiger partial charge in [0.25, 0.3) is 5.91 Å². The molecule has 0 aliphatic heterocycles. The Kier molecular flexibility index (Phi) is 6.99. The van der Waals surface area contributed by atoms with Crippen molar-refractivity contribution in [3.05, 3.63) is 89.2 Å². The summed E-state index contributed by atoms with van der Waals surface area (Å²) in [5.74, 6) is -0.264. The van der Waals surface area contributed by atoms with Crippen molar-refractivity contribution in [2.75, 3.05) is 24.1 Å². The first-order valence-corrected chi connectivity index (χ1v) is 13.9. The molecule has 4 aromatic rings. The first kappa shape index (κ1) is 25.0. The van der Waals surface area contributed by atoms with Gasteiger partial charge in [0.05, 0.1) is 30.7 Å². The minimum Gasteiger partial charge on any atom is -0.455 e. The average Bonchev–Trinajstić information content (AvgIpc) is 3.64. The van der Waals surface area contributed by atoms with Gasteiger partial charge in [-0.05, 0) is 60.2 Å². The number of hydrogen-bond donors (Lipinski definition) is 2. The summed E-state index contributed by atoms with van der Waals surface area (Å²) in [4.78, 5) is 13.4. The maximum absolute atomic E-state index is 13.6. The lowest BCUT2D eigenvalue weighted by Crippen LogP contribution is -2.27. The van der Waals surface area contributed by atoms with Crippen molar-refractivity contribution in [1.29, 1.82) is 0 Å². The fourth-order valence-electron chi connectivity index (χ4n) is 4.30. The van der Waals surface area contributed by atoms with E-state index in [0.29, 0.717) is 41.0 Å². The standard InChI is InChI=1S/C28H27FN2O5S/c1-37(33,34)31-24-16-25-23(15-22(24)19-7-8-19)26(27(36-25)20-9-11-21(29)12-10-20)28(32)30-13-14-35-17-18-5-3-2-4-6-18/h2-6,9-12,15-16,19,31H,7-8,13-14,17H2,1H3,(H,30,32). The molecule has 0 radical (unpaired) electrons. The molecule has 1 amide bonds. The number of fused-ring (bicyclic) bond motifs is 1. The predicted octanol–water partition coefficient (Wildman–Crippen LogP) is 5.43. The Labute approximate surface area is 214 Å². The summed E-state index contributed by atoms with van der Waals surface area (Å²) < 4.78 is 51.9. The third-order valence-electron chi connectivity index (χ3n) is 6.15. The second kappa shape index (κ2) is 10.4. The number of halogens is 1. The normalized spacial score (nSPS) is 13.6. The zero-order valence-electron chi connectivity index (χ0n) is 20.3. The summed E-state index contributed by atoms with van der Waals surface area (Å²) >= 11 is 0. The number of carbonyl (C=O) groups excluding carboxylic acids is 1. The first-order valence-electron chi connectivity index (χ1n) is 12.0. The van der Waals surface area contributed by atoms with Crippen LogP contribution in [0.2, 0.25) is 0 Å². The summed E-state index contributed by atoms with van der Waals surface area (Å²) in [6.45, 7) is 1.04. The molecule has 7 nitrogen and oxygen atoms in total. The van der Waals surface area contributed by atoms with Gasteiger partial charge in [-0.3, -0.25) is 9.52 Å². The molecular weight excluding hydrogens is 495 g/mol. The predicted molar refractivity (Wildman–Crippen MR) is 140 cm³/mol. The summed E-state index contributed by atoms with van der Waals surface area (Å²) in [6, 6.07) is 18.9. The number of amides is 1. The number of rotatable bonds is 10. The molecule has 37 heavy (non-hydrogen) atoms. The maximum atomic E-state index is 13.6. The largest absolute Gasteiger partial charge is 0.455 e. The number of benzene rings is 3. The van der Waals surface area contributed by atoms with Gasteiger partial charge in [0.15, 0.2) is 0 Å². The van der Waals surface area contributed by atoms with E-state index in [4.69, 9.17) is 9.15 Å². The van der Waals surface area contributed by atoms with Crippen molar-refractivity contribution in [2.45, 2.75) is 25.4 Å². The van der Waals surface area contributed by atoms with Crippen molar-refractivity contribution in [2.24, 2.45) is 0 Å². The Morgan fingerprint density at radius 2 is 1.81 bits per heavy atom. The van der Waals surface area contributed by atoms with Gasteiger partial charge in [-0.25, -0.2) is 12.8 Å². The molecule has 1 aliphatic rings. The Balaban J connectivity index is 1.45. The van der Waals surface area contributed by atoms with Gasteiger partial charge in [0, 0.05) is 23.6 Å². The molecule has 1 fully saturated rings. The first-order chi connectivity index (χ1) is 17.8. The quantitative estimate of drug-likeness (QED) is 0.271. The van der Waals surface area contributed by atoms with E-state index < -0.39 is 15.8 Å². The number of ether oxygens (including phenoxy) is 1. The zero-order chi connectivity index (χ0) is 26.0. The lowest BCUT2D eigenvalue weighted by molar-refractivity contribution is 0.0902. The van der Waals surface area contributed by atoms with Crippen molar-refractivity contribution in [1.82, 2.24) is 5.32 Å². The number of hydrogen-bond acceptors (Lipinski definition) is 5. The van der Waals surface area contributed by atoms with Crippen molar-refractivity contribution in [3.63, 3.8) is 0 Å². The van der Waals surface area contributed by atoms with Crippen LogP contribution in [0.1, 0.15) is 40.2 Å². The van der Waals surface area contributed by atoms with Crippen LogP contribution >= 0.6 is 0 Å². The number of carbonyl (C=O) groups is 1. The van der Waals surface area contributed by atoms with Crippen LogP contribution in [0.3, 0.4) is 0 Å². The molecule has 1 aliphatic carbocycles. The van der Waals surface area contributed by atoms with E-state index >= 15 is 0 Å². The topological polar surface area (TPSA) is 97.6 Å². The van der Waals surface area contributed by atoms with Crippen molar-refractivity contribution in [3.8, 4) is 11.3 Å². The molecule has 1 heterocycles. The van der Waals surface area contributed by atoms with Gasteiger partial charge in [-0.1, -0.05) is 30.3 Å². The van der Waals surface area contributed by atoms with E-state index in [1.807, 2.05) is 36.4 Å². The highest BCUT2D eigenvalue weighted by Gasteiger charge is 2.30. The van der Waals surface area contributed by atoms with Gasteiger partial charge < -0.3 is 14.5 Å². The van der Waals surface area contributed by atoms with Crippen LogP contribution in [-0.4, -0.2) is 33.7 Å². The van der Waals surface area contributed by atoms with Crippen LogP contribution in [0.5, 0.6) is 0 Å². The van der Waals surface area contributed by atoms with E-state index in [2.05, 4.69) is 10.0 Å². The van der Waals surface area contributed by atoms with E-state index in [0.717, 1.165) is 30.2 Å². The van der Waals surface area contributed by atoms with Gasteiger partial charge in [-0.2, -0.15) is 0 Å². The second-order valence-electron chi connectivity index (χ2n) is 9.19. The molecule has 5 rings (SSSR count). The smallest absolute Gasteiger partial charge is 0.255 e. The highest BCUT2D eigenvalue weighted by molar-refractivity contribution is 7.92. The number of nitrogens with one attached hydrogen (secondary N) is 2. The Morgan fingerprint density at radius 1 is 1.08 bits per heavy atom. The third-order valence-corrected chi connectivity index (χ3v) is 6.74. The summed E-state index contributed by atoms with van der Waals surface area (Å²) in [5.41, 5.74) is 3.52. The lowest BCUT2D eigenvalue weighted by Gasteiger charge is -2.11. The van der Waals surface area contributed by atoms with Crippen molar-refractivity contribution >= 4 is 32.6 Å².